The molecule has 3 rings (SSSR count). The minimum atomic E-state index is -3.80. The molecule has 1 aromatic carbocycles. The number of hydrogen-bond acceptors (Lipinski definition) is 4. The SMILES string of the molecule is NC1C2CCOC2C1NS(=O)(=O)c1ccc(Br)c(F)c1. The lowest BCUT2D eigenvalue weighted by atomic mass is 9.73. The molecule has 2 fully saturated rings. The van der Waals surface area contributed by atoms with Crippen LogP contribution in [0.5, 0.6) is 0 Å². The van der Waals surface area contributed by atoms with Gasteiger partial charge in [0.25, 0.3) is 0 Å². The number of nitrogens with two attached hydrogens (primary N) is 1. The molecule has 5 nitrogen and oxygen atoms in total. The second-order valence-corrected chi connectivity index (χ2v) is 7.66. The highest BCUT2D eigenvalue weighted by atomic mass is 79.9. The Morgan fingerprint density at radius 1 is 1.45 bits per heavy atom. The van der Waals surface area contributed by atoms with Crippen LogP contribution in [-0.2, 0) is 14.8 Å². The van der Waals surface area contributed by atoms with E-state index in [1.807, 2.05) is 0 Å². The molecule has 0 aromatic heterocycles. The first-order valence-electron chi connectivity index (χ1n) is 6.25. The zero-order chi connectivity index (χ0) is 14.5. The number of nitrogens with one attached hydrogen (secondary N) is 1. The summed E-state index contributed by atoms with van der Waals surface area (Å²) in [5.41, 5.74) is 5.96. The van der Waals surface area contributed by atoms with Crippen molar-refractivity contribution >= 4 is 26.0 Å². The predicted octanol–water partition coefficient (Wildman–Crippen LogP) is 0.981. The summed E-state index contributed by atoms with van der Waals surface area (Å²) in [4.78, 5) is -0.119. The van der Waals surface area contributed by atoms with Gasteiger partial charge in [0.1, 0.15) is 5.82 Å². The van der Waals surface area contributed by atoms with Crippen LogP contribution in [0.15, 0.2) is 27.6 Å². The van der Waals surface area contributed by atoms with Crippen LogP contribution in [-0.4, -0.2) is 33.2 Å². The number of rotatable bonds is 3. The fraction of sp³-hybridized carbons (Fsp3) is 0.500. The van der Waals surface area contributed by atoms with Crippen LogP contribution < -0.4 is 10.5 Å². The van der Waals surface area contributed by atoms with E-state index in [0.29, 0.717) is 6.61 Å². The molecule has 110 valence electrons. The minimum Gasteiger partial charge on any atom is -0.376 e. The molecule has 20 heavy (non-hydrogen) atoms. The van der Waals surface area contributed by atoms with Crippen LogP contribution in [0.4, 0.5) is 4.39 Å². The molecule has 0 amide bonds. The molecule has 1 heterocycles. The second-order valence-electron chi connectivity index (χ2n) is 5.09. The summed E-state index contributed by atoms with van der Waals surface area (Å²) in [6.45, 7) is 0.605. The lowest BCUT2D eigenvalue weighted by Crippen LogP contribution is -2.68. The summed E-state index contributed by atoms with van der Waals surface area (Å²) in [6, 6.07) is 2.98. The Balaban J connectivity index is 1.80. The third-order valence-corrected chi connectivity index (χ3v) is 6.04. The molecule has 0 bridgehead atoms. The Morgan fingerprint density at radius 2 is 2.20 bits per heavy atom. The van der Waals surface area contributed by atoms with Crippen LogP contribution in [0.2, 0.25) is 0 Å². The lowest BCUT2D eigenvalue weighted by Gasteiger charge is -2.45. The maximum atomic E-state index is 13.4. The van der Waals surface area contributed by atoms with Crippen molar-refractivity contribution in [2.45, 2.75) is 29.5 Å². The summed E-state index contributed by atoms with van der Waals surface area (Å²) in [6.07, 6.45) is 0.692. The highest BCUT2D eigenvalue weighted by molar-refractivity contribution is 9.10. The van der Waals surface area contributed by atoms with Crippen molar-refractivity contribution in [2.75, 3.05) is 6.61 Å². The Labute approximate surface area is 124 Å². The van der Waals surface area contributed by atoms with Crippen LogP contribution in [0, 0.1) is 11.7 Å². The smallest absolute Gasteiger partial charge is 0.241 e. The molecule has 1 saturated heterocycles. The Bertz CT molecular complexity index is 640. The maximum absolute atomic E-state index is 13.4. The first kappa shape index (κ1) is 14.4. The quantitative estimate of drug-likeness (QED) is 0.837. The van der Waals surface area contributed by atoms with E-state index in [1.54, 1.807) is 0 Å². The zero-order valence-corrected chi connectivity index (χ0v) is 12.8. The van der Waals surface area contributed by atoms with E-state index in [4.69, 9.17) is 10.5 Å². The van der Waals surface area contributed by atoms with Crippen LogP contribution in [0.1, 0.15) is 6.42 Å². The van der Waals surface area contributed by atoms with Crippen molar-refractivity contribution in [1.82, 2.24) is 4.72 Å². The summed E-state index contributed by atoms with van der Waals surface area (Å²) in [5, 5.41) is 0. The van der Waals surface area contributed by atoms with Gasteiger partial charge in [0.05, 0.1) is 21.5 Å². The standard InChI is InChI=1S/C12H14BrFN2O3S/c13-8-2-1-6(5-9(8)14)20(17,18)16-11-10(15)7-3-4-19-12(7)11/h1-2,5,7,10-12,16H,3-4,15H2. The average molecular weight is 365 g/mol. The van der Waals surface area contributed by atoms with Gasteiger partial charge in [-0.25, -0.2) is 17.5 Å². The van der Waals surface area contributed by atoms with Crippen LogP contribution >= 0.6 is 15.9 Å². The molecule has 1 aliphatic carbocycles. The van der Waals surface area contributed by atoms with Gasteiger partial charge in [0.15, 0.2) is 0 Å². The molecule has 1 saturated carbocycles. The van der Waals surface area contributed by atoms with Gasteiger partial charge in [-0.2, -0.15) is 0 Å². The van der Waals surface area contributed by atoms with Gasteiger partial charge in [-0.3, -0.25) is 0 Å². The first-order valence-corrected chi connectivity index (χ1v) is 8.52. The molecule has 2 aliphatic rings. The van der Waals surface area contributed by atoms with Crippen molar-refractivity contribution in [3.8, 4) is 0 Å². The third kappa shape index (κ3) is 2.29. The molecule has 4 unspecified atom stereocenters. The fourth-order valence-corrected chi connectivity index (χ4v) is 4.32. The van der Waals surface area contributed by atoms with Crippen molar-refractivity contribution in [1.29, 1.82) is 0 Å². The van der Waals surface area contributed by atoms with Crippen LogP contribution in [0.3, 0.4) is 0 Å². The van der Waals surface area contributed by atoms with E-state index in [1.165, 1.54) is 12.1 Å². The van der Waals surface area contributed by atoms with Gasteiger partial charge in [-0.05, 0) is 40.5 Å². The number of sulfonamides is 1. The van der Waals surface area contributed by atoms with Crippen molar-refractivity contribution < 1.29 is 17.5 Å². The van der Waals surface area contributed by atoms with E-state index in [-0.39, 0.29) is 27.4 Å². The first-order chi connectivity index (χ1) is 9.40. The molecule has 1 aromatic rings. The van der Waals surface area contributed by atoms with E-state index in [2.05, 4.69) is 20.7 Å². The molecular weight excluding hydrogens is 351 g/mol. The minimum absolute atomic E-state index is 0.119. The third-order valence-electron chi connectivity index (χ3n) is 3.94. The van der Waals surface area contributed by atoms with Gasteiger partial charge < -0.3 is 10.5 Å². The molecule has 1 aliphatic heterocycles. The molecular formula is C12H14BrFN2O3S. The van der Waals surface area contributed by atoms with Gasteiger partial charge in [-0.1, -0.05) is 0 Å². The maximum Gasteiger partial charge on any atom is 0.241 e. The van der Waals surface area contributed by atoms with E-state index in [9.17, 15) is 12.8 Å². The normalized spacial score (nSPS) is 32.8. The highest BCUT2D eigenvalue weighted by Crippen LogP contribution is 2.38. The highest BCUT2D eigenvalue weighted by Gasteiger charge is 2.53. The number of fused-ring (bicyclic) bond motifs is 1. The lowest BCUT2D eigenvalue weighted by molar-refractivity contribution is -0.00924. The Kier molecular flexibility index (Phi) is 3.62. The second kappa shape index (κ2) is 5.03. The van der Waals surface area contributed by atoms with E-state index in [0.717, 1.165) is 12.5 Å². The summed E-state index contributed by atoms with van der Waals surface area (Å²) < 4.78 is 46.1. The number of hydrogen-bond donors (Lipinski definition) is 2. The van der Waals surface area contributed by atoms with Crippen molar-refractivity contribution in [3.63, 3.8) is 0 Å². The summed E-state index contributed by atoms with van der Waals surface area (Å²) in [7, 11) is -3.80. The van der Waals surface area contributed by atoms with Gasteiger partial charge in [0, 0.05) is 18.6 Å². The number of ether oxygens (including phenoxy) is 1. The van der Waals surface area contributed by atoms with Crippen molar-refractivity contribution in [3.05, 3.63) is 28.5 Å². The summed E-state index contributed by atoms with van der Waals surface area (Å²) >= 11 is 2.99. The van der Waals surface area contributed by atoms with Crippen LogP contribution in [0.25, 0.3) is 0 Å². The zero-order valence-electron chi connectivity index (χ0n) is 10.4. The topological polar surface area (TPSA) is 81.4 Å². The monoisotopic (exact) mass is 364 g/mol. The molecule has 8 heteroatoms. The van der Waals surface area contributed by atoms with E-state index >= 15 is 0 Å². The van der Waals surface area contributed by atoms with E-state index < -0.39 is 21.9 Å². The molecule has 0 radical (unpaired) electrons. The van der Waals surface area contributed by atoms with Crippen molar-refractivity contribution in [2.24, 2.45) is 11.7 Å². The molecule has 0 spiro atoms. The Morgan fingerprint density at radius 3 is 2.90 bits per heavy atom. The summed E-state index contributed by atoms with van der Waals surface area (Å²) in [5.74, 6) is -0.412. The van der Waals surface area contributed by atoms with Gasteiger partial charge >= 0.3 is 0 Å². The fourth-order valence-electron chi connectivity index (χ4n) is 2.79. The Hall–Kier alpha value is -0.540. The molecule has 4 atom stereocenters. The van der Waals surface area contributed by atoms with Gasteiger partial charge in [-0.15, -0.1) is 0 Å². The average Bonchev–Trinajstić information content (AvgIpc) is 2.84. The van der Waals surface area contributed by atoms with Gasteiger partial charge in [0.2, 0.25) is 10.0 Å². The number of halogens is 2. The number of benzene rings is 1. The predicted molar refractivity (Wildman–Crippen MR) is 74.0 cm³/mol. The molecule has 3 N–H and O–H groups in total. The largest absolute Gasteiger partial charge is 0.376 e.